The Kier molecular flexibility index (Phi) is 7.44. The van der Waals surface area contributed by atoms with Crippen molar-refractivity contribution in [3.63, 3.8) is 0 Å². The monoisotopic (exact) mass is 566 g/mol. The van der Waals surface area contributed by atoms with E-state index in [4.69, 9.17) is 23.2 Å². The third-order valence-electron chi connectivity index (χ3n) is 4.79. The number of alkyl halides is 9. The molecule has 0 fully saturated rings. The molecule has 36 heavy (non-hydrogen) atoms. The second-order valence-electron chi connectivity index (χ2n) is 7.44. The first-order chi connectivity index (χ1) is 16.4. The lowest BCUT2D eigenvalue weighted by atomic mass is 10.1. The molecule has 0 aliphatic carbocycles. The minimum atomic E-state index is -5.44. The molecule has 2 heterocycles. The van der Waals surface area contributed by atoms with Gasteiger partial charge in [-0.3, -0.25) is 4.79 Å². The lowest BCUT2D eigenvalue weighted by molar-refractivity contribution is -0.149. The van der Waals surface area contributed by atoms with Gasteiger partial charge in [0, 0.05) is 6.42 Å². The largest absolute Gasteiger partial charge is 0.434 e. The van der Waals surface area contributed by atoms with E-state index in [9.17, 15) is 44.3 Å². The first kappa shape index (κ1) is 27.8. The number of benzene rings is 1. The standard InChI is InChI=1S/C20H13Cl2F9N4O/c1-2-3-4-13(36)33-17-14-11(7-12(19(26,27)28)32-16(14)20(29,30)31)34-35(17)15-9(21)5-8(6-10(15)22)18(23,24)25/h5-7H,2-4H2,1H3,(H,33,36). The molecule has 1 amide bonds. The normalized spacial score (nSPS) is 12.9. The minimum Gasteiger partial charge on any atom is -0.310 e. The topological polar surface area (TPSA) is 59.8 Å². The highest BCUT2D eigenvalue weighted by molar-refractivity contribution is 6.38. The molecule has 0 radical (unpaired) electrons. The number of rotatable bonds is 5. The van der Waals surface area contributed by atoms with E-state index in [2.05, 4.69) is 15.4 Å². The van der Waals surface area contributed by atoms with Gasteiger partial charge in [-0.15, -0.1) is 0 Å². The molecule has 2 aromatic heterocycles. The van der Waals surface area contributed by atoms with Crippen LogP contribution in [0.5, 0.6) is 0 Å². The van der Waals surface area contributed by atoms with Crippen LogP contribution in [0.2, 0.25) is 10.0 Å². The fraction of sp³-hybridized carbons (Fsp3) is 0.350. The maximum Gasteiger partial charge on any atom is 0.434 e. The van der Waals surface area contributed by atoms with Crippen molar-refractivity contribution in [2.45, 2.75) is 44.7 Å². The number of hydrogen-bond acceptors (Lipinski definition) is 3. The van der Waals surface area contributed by atoms with Gasteiger partial charge in [0.05, 0.1) is 26.5 Å². The predicted octanol–water partition coefficient (Wildman–Crippen LogP) is 7.91. The van der Waals surface area contributed by atoms with E-state index in [-0.39, 0.29) is 12.5 Å². The van der Waals surface area contributed by atoms with Crippen molar-refractivity contribution in [1.29, 1.82) is 0 Å². The van der Waals surface area contributed by atoms with Crippen molar-refractivity contribution in [2.75, 3.05) is 5.32 Å². The molecule has 0 unspecified atom stereocenters. The summed E-state index contributed by atoms with van der Waals surface area (Å²) in [6, 6.07) is 1.01. The molecule has 0 saturated heterocycles. The fourth-order valence-corrected chi connectivity index (χ4v) is 3.85. The van der Waals surface area contributed by atoms with Crippen molar-refractivity contribution in [2.24, 2.45) is 0 Å². The highest BCUT2D eigenvalue weighted by Crippen LogP contribution is 2.43. The van der Waals surface area contributed by atoms with Gasteiger partial charge in [-0.05, 0) is 24.6 Å². The average molecular weight is 567 g/mol. The van der Waals surface area contributed by atoms with E-state index in [1.54, 1.807) is 6.92 Å². The third kappa shape index (κ3) is 5.64. The van der Waals surface area contributed by atoms with Crippen LogP contribution in [0.15, 0.2) is 18.2 Å². The molecular weight excluding hydrogens is 554 g/mol. The second-order valence-corrected chi connectivity index (χ2v) is 8.26. The van der Waals surface area contributed by atoms with Gasteiger partial charge in [-0.2, -0.15) is 44.6 Å². The lowest BCUT2D eigenvalue weighted by Gasteiger charge is -2.16. The molecule has 3 rings (SSSR count). The predicted molar refractivity (Wildman–Crippen MR) is 112 cm³/mol. The summed E-state index contributed by atoms with van der Waals surface area (Å²) < 4.78 is 121. The average Bonchev–Trinajstić information content (AvgIpc) is 3.06. The van der Waals surface area contributed by atoms with E-state index in [1.165, 1.54) is 0 Å². The molecule has 0 aliphatic heterocycles. The van der Waals surface area contributed by atoms with E-state index in [1.807, 2.05) is 0 Å². The maximum atomic E-state index is 13.8. The van der Waals surface area contributed by atoms with E-state index >= 15 is 0 Å². The van der Waals surface area contributed by atoms with Crippen molar-refractivity contribution < 1.29 is 44.3 Å². The summed E-state index contributed by atoms with van der Waals surface area (Å²) in [4.78, 5) is 15.1. The number of carbonyl (C=O) groups excluding carboxylic acids is 1. The number of carbonyl (C=O) groups is 1. The zero-order chi connectivity index (χ0) is 27.2. The number of fused-ring (bicyclic) bond motifs is 1. The first-order valence-electron chi connectivity index (χ1n) is 9.89. The number of aromatic nitrogens is 3. The van der Waals surface area contributed by atoms with Gasteiger partial charge < -0.3 is 5.32 Å². The number of hydrogen-bond donors (Lipinski definition) is 1. The van der Waals surface area contributed by atoms with Gasteiger partial charge in [0.25, 0.3) is 0 Å². The molecule has 1 N–H and O–H groups in total. The lowest BCUT2D eigenvalue weighted by Crippen LogP contribution is -2.18. The number of halogens is 11. The Hall–Kier alpha value is -2.74. The molecule has 0 spiro atoms. The Balaban J connectivity index is 2.41. The van der Waals surface area contributed by atoms with Gasteiger partial charge in [0.1, 0.15) is 17.2 Å². The number of pyridine rings is 1. The molecule has 0 aliphatic rings. The summed E-state index contributed by atoms with van der Waals surface area (Å²) in [7, 11) is 0. The molecule has 16 heteroatoms. The molecule has 0 saturated carbocycles. The second kappa shape index (κ2) is 9.61. The van der Waals surface area contributed by atoms with Crippen molar-refractivity contribution in [3.8, 4) is 5.69 Å². The van der Waals surface area contributed by atoms with Crippen LogP contribution in [0, 0.1) is 0 Å². The molecule has 196 valence electrons. The van der Waals surface area contributed by atoms with E-state index < -0.39 is 73.8 Å². The maximum absolute atomic E-state index is 13.8. The Morgan fingerprint density at radius 3 is 2.00 bits per heavy atom. The summed E-state index contributed by atoms with van der Waals surface area (Å²) in [6.07, 6.45) is -15.0. The smallest absolute Gasteiger partial charge is 0.310 e. The van der Waals surface area contributed by atoms with Gasteiger partial charge in [-0.25, -0.2) is 9.67 Å². The summed E-state index contributed by atoms with van der Waals surface area (Å²) >= 11 is 11.9. The highest BCUT2D eigenvalue weighted by Gasteiger charge is 2.42. The molecule has 0 bridgehead atoms. The third-order valence-corrected chi connectivity index (χ3v) is 5.36. The Labute approximate surface area is 206 Å². The van der Waals surface area contributed by atoms with Crippen molar-refractivity contribution in [1.82, 2.24) is 14.8 Å². The number of nitrogens with zero attached hydrogens (tertiary/aromatic N) is 3. The Morgan fingerprint density at radius 1 is 0.944 bits per heavy atom. The summed E-state index contributed by atoms with van der Waals surface area (Å²) in [5.41, 5.74) is -6.77. The van der Waals surface area contributed by atoms with Crippen LogP contribution in [0.4, 0.5) is 45.3 Å². The quantitative estimate of drug-likeness (QED) is 0.319. The number of anilines is 1. The van der Waals surface area contributed by atoms with Gasteiger partial charge in [0.15, 0.2) is 5.69 Å². The zero-order valence-electron chi connectivity index (χ0n) is 17.8. The van der Waals surface area contributed by atoms with E-state index in [0.717, 1.165) is 0 Å². The van der Waals surface area contributed by atoms with Crippen LogP contribution >= 0.6 is 23.2 Å². The number of amides is 1. The van der Waals surface area contributed by atoms with Crippen molar-refractivity contribution >= 4 is 45.8 Å². The summed E-state index contributed by atoms with van der Waals surface area (Å²) in [6.45, 7) is 1.72. The minimum absolute atomic E-state index is 0.187. The molecule has 5 nitrogen and oxygen atoms in total. The highest BCUT2D eigenvalue weighted by atomic mass is 35.5. The number of nitrogens with one attached hydrogen (secondary N) is 1. The number of unbranched alkanes of at least 4 members (excludes halogenated alkanes) is 1. The summed E-state index contributed by atoms with van der Waals surface area (Å²) in [5, 5.41) is 3.30. The fourth-order valence-electron chi connectivity index (χ4n) is 3.20. The van der Waals surface area contributed by atoms with Crippen molar-refractivity contribution in [3.05, 3.63) is 45.2 Å². The SMILES string of the molecule is CCCCC(=O)Nc1c2c(C(F)(F)F)nc(C(F)(F)F)cc2nn1-c1c(Cl)cc(C(F)(F)F)cc1Cl. The first-order valence-corrected chi connectivity index (χ1v) is 10.6. The van der Waals surface area contributed by atoms with Crippen LogP contribution in [-0.2, 0) is 23.3 Å². The van der Waals surface area contributed by atoms with Crippen LogP contribution < -0.4 is 5.32 Å². The van der Waals surface area contributed by atoms with Gasteiger partial charge in [0.2, 0.25) is 5.91 Å². The van der Waals surface area contributed by atoms with E-state index in [0.29, 0.717) is 29.7 Å². The van der Waals surface area contributed by atoms with Crippen LogP contribution in [0.1, 0.15) is 43.1 Å². The van der Waals surface area contributed by atoms with Crippen LogP contribution in [-0.4, -0.2) is 20.7 Å². The van der Waals surface area contributed by atoms with Gasteiger partial charge in [-0.1, -0.05) is 36.5 Å². The van der Waals surface area contributed by atoms with Crippen LogP contribution in [0.3, 0.4) is 0 Å². The molecule has 0 atom stereocenters. The molecular formula is C20H13Cl2F9N4O. The summed E-state index contributed by atoms with van der Waals surface area (Å²) in [5.74, 6) is -1.66. The Morgan fingerprint density at radius 2 is 1.53 bits per heavy atom. The molecule has 3 aromatic rings. The molecule has 1 aromatic carbocycles. The Bertz CT molecular complexity index is 1290. The zero-order valence-corrected chi connectivity index (χ0v) is 19.3. The van der Waals surface area contributed by atoms with Crippen LogP contribution in [0.25, 0.3) is 16.6 Å². The van der Waals surface area contributed by atoms with Gasteiger partial charge >= 0.3 is 18.5 Å².